The summed E-state index contributed by atoms with van der Waals surface area (Å²) in [7, 11) is 0. The number of ether oxygens (including phenoxy) is 2. The summed E-state index contributed by atoms with van der Waals surface area (Å²) in [5.74, 6) is -0.865. The van der Waals surface area contributed by atoms with Crippen LogP contribution in [-0.2, 0) is 19.1 Å². The molecule has 0 aromatic heterocycles. The minimum atomic E-state index is -0.450. The van der Waals surface area contributed by atoms with Crippen LogP contribution in [0.5, 0.6) is 0 Å². The van der Waals surface area contributed by atoms with E-state index in [0.29, 0.717) is 30.8 Å². The molecule has 0 atom stereocenters. The maximum Gasteiger partial charge on any atom is 0.338 e. The van der Waals surface area contributed by atoms with E-state index in [1.807, 2.05) is 6.08 Å². The minimum Gasteiger partial charge on any atom is -0.463 e. The van der Waals surface area contributed by atoms with Gasteiger partial charge in [-0.15, -0.1) is 0 Å². The maximum absolute atomic E-state index is 11.7. The van der Waals surface area contributed by atoms with Gasteiger partial charge in [-0.3, -0.25) is 0 Å². The van der Waals surface area contributed by atoms with Crippen molar-refractivity contribution in [3.8, 4) is 0 Å². The van der Waals surface area contributed by atoms with Crippen LogP contribution in [0.2, 0.25) is 0 Å². The van der Waals surface area contributed by atoms with Gasteiger partial charge in [-0.05, 0) is 33.1 Å². The standard InChI is InChI=1S/C13H18O4/c1-3-16-12(14)10-8-6-5-7-9-11(10)13(15)17-4-2/h6,8H,3-5,7,9H2,1-2H3. The molecule has 0 spiro atoms. The molecule has 1 aliphatic rings. The van der Waals surface area contributed by atoms with Crippen molar-refractivity contribution in [2.24, 2.45) is 0 Å². The molecular formula is C13H18O4. The van der Waals surface area contributed by atoms with Crippen molar-refractivity contribution in [3.05, 3.63) is 23.3 Å². The molecule has 0 saturated heterocycles. The molecule has 0 saturated carbocycles. The predicted octanol–water partition coefficient (Wildman–Crippen LogP) is 2.15. The Morgan fingerprint density at radius 1 is 1.18 bits per heavy atom. The van der Waals surface area contributed by atoms with E-state index >= 15 is 0 Å². The second-order valence-corrected chi connectivity index (χ2v) is 3.63. The van der Waals surface area contributed by atoms with E-state index < -0.39 is 11.9 Å². The Balaban J connectivity index is 2.99. The number of carbonyl (C=O) groups is 2. The van der Waals surface area contributed by atoms with Crippen molar-refractivity contribution in [1.82, 2.24) is 0 Å². The summed E-state index contributed by atoms with van der Waals surface area (Å²) in [6, 6.07) is 0. The fourth-order valence-electron chi connectivity index (χ4n) is 1.66. The molecule has 0 aromatic carbocycles. The highest BCUT2D eigenvalue weighted by atomic mass is 16.5. The molecule has 0 unspecified atom stereocenters. The minimum absolute atomic E-state index is 0.298. The van der Waals surface area contributed by atoms with Gasteiger partial charge in [0.1, 0.15) is 0 Å². The van der Waals surface area contributed by atoms with Crippen LogP contribution in [0, 0.1) is 0 Å². The van der Waals surface area contributed by atoms with Crippen LogP contribution in [0.3, 0.4) is 0 Å². The normalized spacial score (nSPS) is 15.4. The first-order chi connectivity index (χ1) is 8.20. The highest BCUT2D eigenvalue weighted by Crippen LogP contribution is 2.21. The Bertz CT molecular complexity index is 352. The van der Waals surface area contributed by atoms with E-state index in [4.69, 9.17) is 9.47 Å². The van der Waals surface area contributed by atoms with Gasteiger partial charge in [-0.1, -0.05) is 12.2 Å². The summed E-state index contributed by atoms with van der Waals surface area (Å²) >= 11 is 0. The van der Waals surface area contributed by atoms with Crippen LogP contribution in [0.25, 0.3) is 0 Å². The first-order valence-corrected chi connectivity index (χ1v) is 5.94. The molecule has 17 heavy (non-hydrogen) atoms. The third-order valence-corrected chi connectivity index (χ3v) is 2.42. The quantitative estimate of drug-likeness (QED) is 0.704. The lowest BCUT2D eigenvalue weighted by Crippen LogP contribution is -2.15. The lowest BCUT2D eigenvalue weighted by Gasteiger charge is -2.09. The largest absolute Gasteiger partial charge is 0.463 e. The SMILES string of the molecule is CCOC(=O)C1=C(C(=O)OCC)CCCC=C1. The van der Waals surface area contributed by atoms with E-state index in [2.05, 4.69) is 0 Å². The molecule has 0 aromatic rings. The fraction of sp³-hybridized carbons (Fsp3) is 0.538. The highest BCUT2D eigenvalue weighted by molar-refractivity contribution is 6.02. The molecule has 4 nitrogen and oxygen atoms in total. The molecule has 1 rings (SSSR count). The fourth-order valence-corrected chi connectivity index (χ4v) is 1.66. The lowest BCUT2D eigenvalue weighted by atomic mass is 10.1. The summed E-state index contributed by atoms with van der Waals surface area (Å²) in [5.41, 5.74) is 0.766. The maximum atomic E-state index is 11.7. The van der Waals surface area contributed by atoms with Crippen molar-refractivity contribution in [2.75, 3.05) is 13.2 Å². The zero-order valence-electron chi connectivity index (χ0n) is 10.3. The molecule has 0 amide bonds. The Morgan fingerprint density at radius 2 is 1.82 bits per heavy atom. The molecule has 1 aliphatic carbocycles. The van der Waals surface area contributed by atoms with Crippen LogP contribution >= 0.6 is 0 Å². The van der Waals surface area contributed by atoms with E-state index in [-0.39, 0.29) is 0 Å². The summed E-state index contributed by atoms with van der Waals surface area (Å²) in [6.07, 6.45) is 5.80. The average molecular weight is 238 g/mol. The van der Waals surface area contributed by atoms with Gasteiger partial charge in [-0.25, -0.2) is 9.59 Å². The summed E-state index contributed by atoms with van der Waals surface area (Å²) in [4.78, 5) is 23.5. The van der Waals surface area contributed by atoms with E-state index in [1.165, 1.54) is 0 Å². The first-order valence-electron chi connectivity index (χ1n) is 5.94. The number of hydrogen-bond donors (Lipinski definition) is 0. The van der Waals surface area contributed by atoms with Gasteiger partial charge in [0.25, 0.3) is 0 Å². The third kappa shape index (κ3) is 3.73. The zero-order valence-corrected chi connectivity index (χ0v) is 10.3. The molecule has 94 valence electrons. The monoisotopic (exact) mass is 238 g/mol. The van der Waals surface area contributed by atoms with E-state index in [0.717, 1.165) is 12.8 Å². The van der Waals surface area contributed by atoms with E-state index in [1.54, 1.807) is 19.9 Å². The number of carbonyl (C=O) groups excluding carboxylic acids is 2. The van der Waals surface area contributed by atoms with Gasteiger partial charge < -0.3 is 9.47 Å². The Morgan fingerprint density at radius 3 is 2.47 bits per heavy atom. The zero-order chi connectivity index (χ0) is 12.7. The van der Waals surface area contributed by atoms with Crippen LogP contribution in [0.1, 0.15) is 33.1 Å². The average Bonchev–Trinajstić information content (AvgIpc) is 2.54. The molecule has 0 aliphatic heterocycles. The molecule has 0 bridgehead atoms. The van der Waals surface area contributed by atoms with Crippen LogP contribution in [-0.4, -0.2) is 25.2 Å². The number of hydrogen-bond acceptors (Lipinski definition) is 4. The lowest BCUT2D eigenvalue weighted by molar-refractivity contribution is -0.141. The number of allylic oxidation sites excluding steroid dienone is 1. The van der Waals surface area contributed by atoms with Gasteiger partial charge in [0.05, 0.1) is 24.4 Å². The number of esters is 2. The molecule has 0 fully saturated rings. The predicted molar refractivity (Wildman–Crippen MR) is 63.3 cm³/mol. The van der Waals surface area contributed by atoms with Crippen LogP contribution in [0.4, 0.5) is 0 Å². The summed E-state index contributed by atoms with van der Waals surface area (Å²) < 4.78 is 9.90. The van der Waals surface area contributed by atoms with Crippen molar-refractivity contribution >= 4 is 11.9 Å². The van der Waals surface area contributed by atoms with Crippen molar-refractivity contribution in [2.45, 2.75) is 33.1 Å². The van der Waals surface area contributed by atoms with Gasteiger partial charge >= 0.3 is 11.9 Å². The van der Waals surface area contributed by atoms with Crippen molar-refractivity contribution in [3.63, 3.8) is 0 Å². The second-order valence-electron chi connectivity index (χ2n) is 3.63. The van der Waals surface area contributed by atoms with Gasteiger partial charge in [0, 0.05) is 0 Å². The number of rotatable bonds is 4. The summed E-state index contributed by atoms with van der Waals surface area (Å²) in [6.45, 7) is 4.09. The Labute approximate surface area is 101 Å². The second kappa shape index (κ2) is 6.89. The van der Waals surface area contributed by atoms with Gasteiger partial charge in [0.15, 0.2) is 0 Å². The topological polar surface area (TPSA) is 52.6 Å². The molecular weight excluding hydrogens is 220 g/mol. The van der Waals surface area contributed by atoms with Gasteiger partial charge in [-0.2, -0.15) is 0 Å². The summed E-state index contributed by atoms with van der Waals surface area (Å²) in [5, 5.41) is 0. The third-order valence-electron chi connectivity index (χ3n) is 2.42. The van der Waals surface area contributed by atoms with Crippen LogP contribution < -0.4 is 0 Å². The van der Waals surface area contributed by atoms with E-state index in [9.17, 15) is 9.59 Å². The Hall–Kier alpha value is -1.58. The Kier molecular flexibility index (Phi) is 5.46. The molecule has 4 heteroatoms. The first kappa shape index (κ1) is 13.5. The van der Waals surface area contributed by atoms with Crippen molar-refractivity contribution in [1.29, 1.82) is 0 Å². The molecule has 0 radical (unpaired) electrons. The molecule has 0 N–H and O–H groups in total. The van der Waals surface area contributed by atoms with Gasteiger partial charge in [0.2, 0.25) is 0 Å². The molecule has 0 heterocycles. The highest BCUT2D eigenvalue weighted by Gasteiger charge is 2.22. The van der Waals surface area contributed by atoms with Crippen molar-refractivity contribution < 1.29 is 19.1 Å². The smallest absolute Gasteiger partial charge is 0.338 e. The van der Waals surface area contributed by atoms with Crippen LogP contribution in [0.15, 0.2) is 23.3 Å².